The molecule has 9 nitrogen and oxygen atoms in total. The number of anilines is 2. The number of aromatic nitrogens is 2. The summed E-state index contributed by atoms with van der Waals surface area (Å²) in [4.78, 5) is 8.45. The van der Waals surface area contributed by atoms with Crippen molar-refractivity contribution in [2.75, 3.05) is 23.3 Å². The summed E-state index contributed by atoms with van der Waals surface area (Å²) in [6.45, 7) is 3.24. The maximum atomic E-state index is 14.5. The van der Waals surface area contributed by atoms with Crippen LogP contribution in [-0.4, -0.2) is 39.7 Å². The largest absolute Gasteiger partial charge is 0.480 e. The number of nitrogens with one attached hydrogen (secondary N) is 1. The van der Waals surface area contributed by atoms with Gasteiger partial charge in [-0.25, -0.2) is 31.2 Å². The Bertz CT molecular complexity index is 2070. The third-order valence-electron chi connectivity index (χ3n) is 6.73. The summed E-state index contributed by atoms with van der Waals surface area (Å²) in [6, 6.07) is 19.1. The van der Waals surface area contributed by atoms with Gasteiger partial charge < -0.3 is 10.5 Å². The molecule has 0 atom stereocenters. The van der Waals surface area contributed by atoms with Gasteiger partial charge in [0.15, 0.2) is 9.84 Å². The summed E-state index contributed by atoms with van der Waals surface area (Å²) in [5, 5.41) is 0.708. The number of nitrogens with zero attached hydrogens (tertiary/aromatic N) is 2. The summed E-state index contributed by atoms with van der Waals surface area (Å²) in [5.74, 6) is -0.651. The number of halogens is 1. The summed E-state index contributed by atoms with van der Waals surface area (Å²) < 4.78 is 73.1. The van der Waals surface area contributed by atoms with Gasteiger partial charge in [-0.1, -0.05) is 31.2 Å². The Labute approximate surface area is 243 Å². The van der Waals surface area contributed by atoms with Crippen LogP contribution < -0.4 is 15.2 Å². The average molecular weight is 607 g/mol. The average Bonchev–Trinajstić information content (AvgIpc) is 2.96. The van der Waals surface area contributed by atoms with Gasteiger partial charge in [-0.15, -0.1) is 0 Å². The van der Waals surface area contributed by atoms with Crippen LogP contribution in [-0.2, 0) is 19.9 Å². The molecule has 216 valence electrons. The minimum atomic E-state index is -4.30. The standard InChI is InChI=1S/C30H27FN4O5S2/c1-4-41(36,37)23-7-5-6-20(14-23)24-15-21-13-19(9-10-26(21)34-29(24)32)22-16-27(30(40-3)33-17-22)35-42(38,39)28-11-8-18(2)12-25(28)31/h5-17,35H,4H2,1-3H3,(H2,32,34). The maximum Gasteiger partial charge on any atom is 0.264 e. The van der Waals surface area contributed by atoms with Crippen molar-refractivity contribution < 1.29 is 26.0 Å². The molecule has 0 bridgehead atoms. The Morgan fingerprint density at radius 2 is 1.71 bits per heavy atom. The Morgan fingerprint density at radius 3 is 2.43 bits per heavy atom. The van der Waals surface area contributed by atoms with E-state index in [0.29, 0.717) is 38.7 Å². The molecule has 12 heteroatoms. The first-order valence-corrected chi connectivity index (χ1v) is 15.9. The highest BCUT2D eigenvalue weighted by Crippen LogP contribution is 2.34. The Kier molecular flexibility index (Phi) is 7.60. The first-order valence-electron chi connectivity index (χ1n) is 12.8. The maximum absolute atomic E-state index is 14.5. The molecule has 0 spiro atoms. The fraction of sp³-hybridized carbons (Fsp3) is 0.133. The van der Waals surface area contributed by atoms with Crippen LogP contribution in [0.15, 0.2) is 88.8 Å². The Hall–Kier alpha value is -4.55. The van der Waals surface area contributed by atoms with Crippen LogP contribution in [0.4, 0.5) is 15.9 Å². The highest BCUT2D eigenvalue weighted by molar-refractivity contribution is 7.92. The summed E-state index contributed by atoms with van der Waals surface area (Å²) in [6.07, 6.45) is 1.52. The van der Waals surface area contributed by atoms with Crippen molar-refractivity contribution >= 4 is 42.3 Å². The lowest BCUT2D eigenvalue weighted by atomic mass is 10.0. The second kappa shape index (κ2) is 11.0. The van der Waals surface area contributed by atoms with Crippen LogP contribution in [0.5, 0.6) is 5.88 Å². The smallest absolute Gasteiger partial charge is 0.264 e. The van der Waals surface area contributed by atoms with E-state index in [9.17, 15) is 21.2 Å². The van der Waals surface area contributed by atoms with Crippen LogP contribution >= 0.6 is 0 Å². The van der Waals surface area contributed by atoms with Crippen molar-refractivity contribution in [1.82, 2.24) is 9.97 Å². The molecule has 0 aliphatic carbocycles. The molecule has 0 radical (unpaired) electrons. The quantitative estimate of drug-likeness (QED) is 0.233. The number of nitrogens with two attached hydrogens (primary N) is 1. The van der Waals surface area contributed by atoms with Gasteiger partial charge >= 0.3 is 0 Å². The molecule has 0 saturated heterocycles. The Balaban J connectivity index is 1.56. The zero-order valence-electron chi connectivity index (χ0n) is 22.9. The van der Waals surface area contributed by atoms with E-state index in [1.54, 1.807) is 56.3 Å². The SMILES string of the molecule is CCS(=O)(=O)c1cccc(-c2cc3cc(-c4cnc(OC)c(NS(=O)(=O)c5ccc(C)cc5F)c4)ccc3nc2N)c1. The molecule has 3 N–H and O–H groups in total. The molecule has 5 rings (SSSR count). The van der Waals surface area contributed by atoms with Gasteiger partial charge in [0, 0.05) is 22.7 Å². The molecule has 0 aliphatic heterocycles. The lowest BCUT2D eigenvalue weighted by Gasteiger charge is -2.14. The van der Waals surface area contributed by atoms with Crippen molar-refractivity contribution in [3.8, 4) is 28.1 Å². The number of sulfonamides is 1. The van der Waals surface area contributed by atoms with Gasteiger partial charge in [-0.2, -0.15) is 0 Å². The molecule has 5 aromatic rings. The molecule has 2 heterocycles. The fourth-order valence-electron chi connectivity index (χ4n) is 4.50. The first-order chi connectivity index (χ1) is 19.9. The number of ether oxygens (including phenoxy) is 1. The van der Waals surface area contributed by atoms with Crippen molar-refractivity contribution in [2.24, 2.45) is 0 Å². The molecule has 0 aliphatic rings. The summed E-state index contributed by atoms with van der Waals surface area (Å²) in [7, 11) is -6.37. The number of sulfone groups is 1. The summed E-state index contributed by atoms with van der Waals surface area (Å²) in [5.41, 5.74) is 9.88. The van der Waals surface area contributed by atoms with E-state index in [4.69, 9.17) is 10.5 Å². The van der Waals surface area contributed by atoms with Crippen LogP contribution in [0.1, 0.15) is 12.5 Å². The highest BCUT2D eigenvalue weighted by atomic mass is 32.2. The third kappa shape index (κ3) is 5.63. The molecule has 0 amide bonds. The number of nitrogen functional groups attached to an aromatic ring is 1. The number of methoxy groups -OCH3 is 1. The molecule has 2 aromatic heterocycles. The van der Waals surface area contributed by atoms with E-state index in [1.807, 2.05) is 12.1 Å². The Morgan fingerprint density at radius 1 is 0.929 bits per heavy atom. The summed E-state index contributed by atoms with van der Waals surface area (Å²) >= 11 is 0. The molecule has 42 heavy (non-hydrogen) atoms. The van der Waals surface area contributed by atoms with E-state index in [1.165, 1.54) is 25.4 Å². The molecule has 0 fully saturated rings. The lowest BCUT2D eigenvalue weighted by Crippen LogP contribution is -2.15. The minimum absolute atomic E-state index is 0.00859. The number of rotatable bonds is 8. The van der Waals surface area contributed by atoms with Crippen molar-refractivity contribution in [3.05, 3.63) is 90.4 Å². The number of hydrogen-bond acceptors (Lipinski definition) is 8. The predicted octanol–water partition coefficient (Wildman–Crippen LogP) is 5.60. The number of pyridine rings is 2. The number of fused-ring (bicyclic) bond motifs is 1. The van der Waals surface area contributed by atoms with Gasteiger partial charge in [0.1, 0.15) is 22.2 Å². The van der Waals surface area contributed by atoms with Gasteiger partial charge in [-0.05, 0) is 72.1 Å². The van der Waals surface area contributed by atoms with E-state index in [2.05, 4.69) is 14.7 Å². The van der Waals surface area contributed by atoms with Gasteiger partial charge in [0.05, 0.1) is 23.3 Å². The first kappa shape index (κ1) is 29.0. The van der Waals surface area contributed by atoms with Gasteiger partial charge in [-0.3, -0.25) is 4.72 Å². The van der Waals surface area contributed by atoms with E-state index in [-0.39, 0.29) is 28.0 Å². The lowest BCUT2D eigenvalue weighted by molar-refractivity contribution is 0.400. The monoisotopic (exact) mass is 606 g/mol. The topological polar surface area (TPSA) is 141 Å². The second-order valence-electron chi connectivity index (χ2n) is 9.58. The number of hydrogen-bond donors (Lipinski definition) is 2. The van der Waals surface area contributed by atoms with Crippen molar-refractivity contribution in [1.29, 1.82) is 0 Å². The highest BCUT2D eigenvalue weighted by Gasteiger charge is 2.22. The van der Waals surface area contributed by atoms with Crippen molar-refractivity contribution in [3.63, 3.8) is 0 Å². The molecular weight excluding hydrogens is 579 g/mol. The second-order valence-corrected chi connectivity index (χ2v) is 13.5. The van der Waals surface area contributed by atoms with Crippen LogP contribution in [0, 0.1) is 12.7 Å². The zero-order valence-corrected chi connectivity index (χ0v) is 24.6. The molecule has 0 saturated carbocycles. The van der Waals surface area contributed by atoms with Gasteiger partial charge in [0.25, 0.3) is 10.0 Å². The van der Waals surface area contributed by atoms with Crippen LogP contribution in [0.25, 0.3) is 33.2 Å². The minimum Gasteiger partial charge on any atom is -0.480 e. The molecular formula is C30H27FN4O5S2. The third-order valence-corrected chi connectivity index (χ3v) is 9.86. The van der Waals surface area contributed by atoms with E-state index in [0.717, 1.165) is 6.07 Å². The number of benzene rings is 3. The van der Waals surface area contributed by atoms with Crippen molar-refractivity contribution in [2.45, 2.75) is 23.6 Å². The van der Waals surface area contributed by atoms with Crippen LogP contribution in [0.2, 0.25) is 0 Å². The van der Waals surface area contributed by atoms with E-state index < -0.39 is 30.6 Å². The van der Waals surface area contributed by atoms with E-state index >= 15 is 0 Å². The normalized spacial score (nSPS) is 11.9. The molecule has 0 unspecified atom stereocenters. The predicted molar refractivity (Wildman–Crippen MR) is 161 cm³/mol. The molecule has 3 aromatic carbocycles. The number of aryl methyl sites for hydroxylation is 1. The van der Waals surface area contributed by atoms with Gasteiger partial charge in [0.2, 0.25) is 5.88 Å². The zero-order chi connectivity index (χ0) is 30.2. The fourth-order valence-corrected chi connectivity index (χ4v) is 6.53. The van der Waals surface area contributed by atoms with Crippen LogP contribution in [0.3, 0.4) is 0 Å².